The normalized spacial score (nSPS) is 22.0. The predicted octanol–water partition coefficient (Wildman–Crippen LogP) is 2.57. The highest BCUT2D eigenvalue weighted by atomic mass is 16.4. The van der Waals surface area contributed by atoms with Crippen molar-refractivity contribution in [2.45, 2.75) is 38.3 Å². The van der Waals surface area contributed by atoms with Gasteiger partial charge in [0.25, 0.3) is 0 Å². The Morgan fingerprint density at radius 2 is 2.04 bits per heavy atom. The molecule has 0 radical (unpaired) electrons. The number of hydrazine groups is 1. The lowest BCUT2D eigenvalue weighted by Gasteiger charge is -2.22. The van der Waals surface area contributed by atoms with Crippen LogP contribution >= 0.6 is 0 Å². The average Bonchev–Trinajstić information content (AvgIpc) is 3.25. The van der Waals surface area contributed by atoms with Crippen molar-refractivity contribution in [2.24, 2.45) is 0 Å². The topological polar surface area (TPSA) is 91.1 Å². The molecule has 2 aliphatic rings. The Morgan fingerprint density at radius 1 is 1.16 bits per heavy atom. The number of hydrogen-bond donors (Lipinski definition) is 3. The van der Waals surface area contributed by atoms with E-state index in [4.69, 9.17) is 4.42 Å². The molecule has 130 valence electrons. The molecule has 1 fully saturated rings. The standard InChI is InChI=1S/C17H21N7O/c1-12-22-23-17(25-12)21-14-5-4-13(10-14)20-16-7-6-15(11-18-16)24-9-3-2-8-19-24/h2-3,6-9,11,13-14,19H,4-5,10H2,1H3,(H,18,20)(H,21,23)/t13-,14-/m0/s1. The van der Waals surface area contributed by atoms with Crippen molar-refractivity contribution in [1.29, 1.82) is 0 Å². The first-order valence-electron chi connectivity index (χ1n) is 8.44. The third-order valence-corrected chi connectivity index (χ3v) is 4.32. The first-order chi connectivity index (χ1) is 12.3. The van der Waals surface area contributed by atoms with E-state index < -0.39 is 0 Å². The molecule has 1 aliphatic carbocycles. The second-order valence-corrected chi connectivity index (χ2v) is 6.22. The number of pyridine rings is 1. The van der Waals surface area contributed by atoms with Crippen LogP contribution in [0.25, 0.3) is 0 Å². The number of hydrogen-bond acceptors (Lipinski definition) is 8. The van der Waals surface area contributed by atoms with Crippen LogP contribution in [0.5, 0.6) is 0 Å². The first-order valence-corrected chi connectivity index (χ1v) is 8.44. The van der Waals surface area contributed by atoms with Crippen LogP contribution in [0, 0.1) is 6.92 Å². The van der Waals surface area contributed by atoms with Crippen LogP contribution in [0.2, 0.25) is 0 Å². The highest BCUT2D eigenvalue weighted by Crippen LogP contribution is 2.25. The molecule has 8 heteroatoms. The van der Waals surface area contributed by atoms with Gasteiger partial charge in [0, 0.05) is 31.4 Å². The summed E-state index contributed by atoms with van der Waals surface area (Å²) < 4.78 is 5.38. The average molecular weight is 339 g/mol. The van der Waals surface area contributed by atoms with Gasteiger partial charge in [0.15, 0.2) is 0 Å². The molecule has 0 saturated heterocycles. The Labute approximate surface area is 146 Å². The number of allylic oxidation sites excluding steroid dienone is 2. The molecule has 0 amide bonds. The van der Waals surface area contributed by atoms with E-state index in [1.807, 2.05) is 47.9 Å². The summed E-state index contributed by atoms with van der Waals surface area (Å²) in [5, 5.41) is 16.5. The summed E-state index contributed by atoms with van der Waals surface area (Å²) in [5.41, 5.74) is 4.13. The fourth-order valence-corrected chi connectivity index (χ4v) is 3.11. The molecule has 2 aromatic heterocycles. The summed E-state index contributed by atoms with van der Waals surface area (Å²) in [6.07, 6.45) is 12.7. The van der Waals surface area contributed by atoms with Crippen molar-refractivity contribution in [3.05, 3.63) is 48.8 Å². The van der Waals surface area contributed by atoms with Crippen molar-refractivity contribution >= 4 is 17.5 Å². The van der Waals surface area contributed by atoms with Crippen LogP contribution in [0.4, 0.5) is 17.5 Å². The van der Waals surface area contributed by atoms with Crippen molar-refractivity contribution in [1.82, 2.24) is 20.6 Å². The van der Waals surface area contributed by atoms with Crippen molar-refractivity contribution in [2.75, 3.05) is 15.6 Å². The Kier molecular flexibility index (Phi) is 4.24. The van der Waals surface area contributed by atoms with Gasteiger partial charge in [-0.1, -0.05) is 5.10 Å². The molecular weight excluding hydrogens is 318 g/mol. The Hall–Kier alpha value is -3.03. The second kappa shape index (κ2) is 6.84. The van der Waals surface area contributed by atoms with E-state index in [1.165, 1.54) is 0 Å². The van der Waals surface area contributed by atoms with Gasteiger partial charge in [-0.05, 0) is 43.5 Å². The summed E-state index contributed by atoms with van der Waals surface area (Å²) in [7, 11) is 0. The van der Waals surface area contributed by atoms with Crippen LogP contribution in [0.15, 0.2) is 47.3 Å². The minimum Gasteiger partial charge on any atom is -0.408 e. The lowest BCUT2D eigenvalue weighted by atomic mass is 10.2. The largest absolute Gasteiger partial charge is 0.408 e. The van der Waals surface area contributed by atoms with Crippen LogP contribution in [0.3, 0.4) is 0 Å². The smallest absolute Gasteiger partial charge is 0.315 e. The minimum atomic E-state index is 0.339. The van der Waals surface area contributed by atoms with E-state index in [0.717, 1.165) is 30.8 Å². The zero-order valence-electron chi connectivity index (χ0n) is 14.0. The molecule has 1 saturated carbocycles. The molecule has 0 bridgehead atoms. The number of rotatable bonds is 5. The fraction of sp³-hybridized carbons (Fsp3) is 0.353. The molecule has 0 aromatic carbocycles. The van der Waals surface area contributed by atoms with E-state index in [-0.39, 0.29) is 0 Å². The van der Waals surface area contributed by atoms with Crippen LogP contribution < -0.4 is 21.1 Å². The summed E-state index contributed by atoms with van der Waals surface area (Å²) in [5.74, 6) is 1.47. The molecule has 25 heavy (non-hydrogen) atoms. The zero-order valence-corrected chi connectivity index (χ0v) is 14.0. The second-order valence-electron chi connectivity index (χ2n) is 6.22. The van der Waals surface area contributed by atoms with Gasteiger partial charge in [-0.3, -0.25) is 5.01 Å². The first kappa shape index (κ1) is 15.5. The maximum absolute atomic E-state index is 5.38. The number of anilines is 3. The highest BCUT2D eigenvalue weighted by molar-refractivity contribution is 5.52. The third-order valence-electron chi connectivity index (χ3n) is 4.32. The number of nitrogens with zero attached hydrogens (tertiary/aromatic N) is 4. The Balaban J connectivity index is 1.30. The van der Waals surface area contributed by atoms with Gasteiger partial charge in [-0.25, -0.2) is 4.98 Å². The van der Waals surface area contributed by atoms with E-state index in [1.54, 1.807) is 6.92 Å². The summed E-state index contributed by atoms with van der Waals surface area (Å²) in [6, 6.07) is 5.27. The summed E-state index contributed by atoms with van der Waals surface area (Å²) in [6.45, 7) is 1.79. The maximum Gasteiger partial charge on any atom is 0.315 e. The predicted molar refractivity (Wildman–Crippen MR) is 95.8 cm³/mol. The fourth-order valence-electron chi connectivity index (χ4n) is 3.11. The number of aryl methyl sites for hydroxylation is 1. The van der Waals surface area contributed by atoms with Gasteiger partial charge in [0.1, 0.15) is 5.82 Å². The van der Waals surface area contributed by atoms with Crippen LogP contribution in [-0.2, 0) is 0 Å². The number of aromatic nitrogens is 3. The molecule has 0 spiro atoms. The Morgan fingerprint density at radius 3 is 2.72 bits per heavy atom. The van der Waals surface area contributed by atoms with Gasteiger partial charge >= 0.3 is 6.01 Å². The molecule has 1 aliphatic heterocycles. The van der Waals surface area contributed by atoms with Gasteiger partial charge in [-0.2, -0.15) is 0 Å². The monoisotopic (exact) mass is 339 g/mol. The molecule has 8 nitrogen and oxygen atoms in total. The van der Waals surface area contributed by atoms with Gasteiger partial charge < -0.3 is 20.5 Å². The molecule has 2 aromatic rings. The van der Waals surface area contributed by atoms with E-state index in [2.05, 4.69) is 31.2 Å². The molecular formula is C17H21N7O. The third kappa shape index (κ3) is 3.73. The van der Waals surface area contributed by atoms with Crippen molar-refractivity contribution in [3.8, 4) is 0 Å². The zero-order chi connectivity index (χ0) is 17.1. The van der Waals surface area contributed by atoms with Crippen LogP contribution in [0.1, 0.15) is 25.2 Å². The minimum absolute atomic E-state index is 0.339. The van der Waals surface area contributed by atoms with Crippen molar-refractivity contribution < 1.29 is 4.42 Å². The van der Waals surface area contributed by atoms with Gasteiger partial charge in [0.2, 0.25) is 5.89 Å². The number of nitrogens with one attached hydrogen (secondary N) is 3. The quantitative estimate of drug-likeness (QED) is 0.766. The lowest BCUT2D eigenvalue weighted by Crippen LogP contribution is -2.30. The SMILES string of the molecule is Cc1nnc(N[C@H]2CC[C@H](Nc3ccc(N4C=CC=CN4)cn3)C2)o1. The Bertz CT molecular complexity index is 768. The van der Waals surface area contributed by atoms with Crippen molar-refractivity contribution in [3.63, 3.8) is 0 Å². The lowest BCUT2D eigenvalue weighted by molar-refractivity contribution is 0.521. The summed E-state index contributed by atoms with van der Waals surface area (Å²) >= 11 is 0. The van der Waals surface area contributed by atoms with E-state index >= 15 is 0 Å². The molecule has 3 N–H and O–H groups in total. The highest BCUT2D eigenvalue weighted by Gasteiger charge is 2.26. The summed E-state index contributed by atoms with van der Waals surface area (Å²) in [4.78, 5) is 4.52. The molecule has 4 rings (SSSR count). The van der Waals surface area contributed by atoms with E-state index in [0.29, 0.717) is 24.0 Å². The van der Waals surface area contributed by atoms with Crippen LogP contribution in [-0.4, -0.2) is 27.3 Å². The maximum atomic E-state index is 5.38. The van der Waals surface area contributed by atoms with Gasteiger partial charge in [0.05, 0.1) is 11.9 Å². The molecule has 2 atom stereocenters. The molecule has 3 heterocycles. The van der Waals surface area contributed by atoms with Gasteiger partial charge in [-0.15, -0.1) is 5.10 Å². The molecule has 0 unspecified atom stereocenters. The van der Waals surface area contributed by atoms with E-state index in [9.17, 15) is 0 Å².